The zero-order valence-corrected chi connectivity index (χ0v) is 18.6. The molecule has 7 nitrogen and oxygen atoms in total. The third kappa shape index (κ3) is 4.94. The zero-order valence-electron chi connectivity index (χ0n) is 18.6. The fourth-order valence-corrected chi connectivity index (χ4v) is 3.82. The number of hydrogen-bond donors (Lipinski definition) is 3. The molecule has 7 heteroatoms. The molecule has 0 amide bonds. The molecule has 0 unspecified atom stereocenters. The molecule has 4 rings (SSSR count). The average Bonchev–Trinajstić information content (AvgIpc) is 2.82. The van der Waals surface area contributed by atoms with Crippen molar-refractivity contribution in [1.82, 2.24) is 9.97 Å². The second-order valence-corrected chi connectivity index (χ2v) is 8.21. The maximum Gasteiger partial charge on any atom is 0.320 e. The highest BCUT2D eigenvalue weighted by atomic mass is 16.4. The number of nitrogens with two attached hydrogens (primary N) is 2. The van der Waals surface area contributed by atoms with Crippen LogP contribution in [0.2, 0.25) is 0 Å². The lowest BCUT2D eigenvalue weighted by Gasteiger charge is -2.27. The predicted molar refractivity (Wildman–Crippen MR) is 132 cm³/mol. The van der Waals surface area contributed by atoms with Crippen molar-refractivity contribution in [2.24, 2.45) is 5.73 Å². The fraction of sp³-hybridized carbons (Fsp3) is 0.192. The molecule has 0 fully saturated rings. The van der Waals surface area contributed by atoms with Crippen molar-refractivity contribution in [1.29, 1.82) is 0 Å². The van der Waals surface area contributed by atoms with Gasteiger partial charge in [0.1, 0.15) is 11.9 Å². The molecule has 0 aliphatic heterocycles. The van der Waals surface area contributed by atoms with Crippen LogP contribution in [0.3, 0.4) is 0 Å². The van der Waals surface area contributed by atoms with E-state index in [0.717, 1.165) is 16.9 Å². The van der Waals surface area contributed by atoms with Crippen LogP contribution in [-0.4, -0.2) is 34.1 Å². The van der Waals surface area contributed by atoms with Gasteiger partial charge in [-0.1, -0.05) is 60.7 Å². The van der Waals surface area contributed by atoms with Gasteiger partial charge >= 0.3 is 5.97 Å². The second-order valence-electron chi connectivity index (χ2n) is 8.21. The van der Waals surface area contributed by atoms with Crippen molar-refractivity contribution < 1.29 is 9.90 Å². The smallest absolute Gasteiger partial charge is 0.320 e. The van der Waals surface area contributed by atoms with E-state index in [0.29, 0.717) is 5.69 Å². The van der Waals surface area contributed by atoms with Crippen LogP contribution in [0.25, 0.3) is 22.0 Å². The van der Waals surface area contributed by atoms with Gasteiger partial charge in [-0.15, -0.1) is 0 Å². The number of hydrogen-bond acceptors (Lipinski definition) is 6. The molecule has 0 aliphatic carbocycles. The van der Waals surface area contributed by atoms with Gasteiger partial charge in [0.2, 0.25) is 5.95 Å². The monoisotopic (exact) mass is 441 g/mol. The Labute approximate surface area is 192 Å². The van der Waals surface area contributed by atoms with Crippen LogP contribution in [0.5, 0.6) is 0 Å². The van der Waals surface area contributed by atoms with Gasteiger partial charge in [-0.25, -0.2) is 4.98 Å². The predicted octanol–water partition coefficient (Wildman–Crippen LogP) is 4.03. The van der Waals surface area contributed by atoms with E-state index < -0.39 is 12.0 Å². The SMILES string of the molecule is C[C@H](c1ccc2ccccc2c1)N(C)c1cc(-c2ccc(C[C@H](N)C(=O)O)cc2)nc(N)n1. The summed E-state index contributed by atoms with van der Waals surface area (Å²) >= 11 is 0. The number of nitrogens with zero attached hydrogens (tertiary/aromatic N) is 3. The van der Waals surface area contributed by atoms with Crippen molar-refractivity contribution >= 4 is 28.5 Å². The second kappa shape index (κ2) is 9.26. The van der Waals surface area contributed by atoms with Crippen molar-refractivity contribution in [3.8, 4) is 11.3 Å². The number of fused-ring (bicyclic) bond motifs is 1. The van der Waals surface area contributed by atoms with Crippen molar-refractivity contribution in [2.75, 3.05) is 17.7 Å². The number of anilines is 2. The first-order valence-electron chi connectivity index (χ1n) is 10.8. The molecular weight excluding hydrogens is 414 g/mol. The summed E-state index contributed by atoms with van der Waals surface area (Å²) in [7, 11) is 1.99. The summed E-state index contributed by atoms with van der Waals surface area (Å²) in [5.74, 6) is -0.108. The first-order valence-corrected chi connectivity index (χ1v) is 10.8. The van der Waals surface area contributed by atoms with E-state index in [9.17, 15) is 4.79 Å². The molecular formula is C26H27N5O2. The van der Waals surface area contributed by atoms with E-state index in [2.05, 4.69) is 52.1 Å². The standard InChI is InChI=1S/C26H27N5O2/c1-16(20-12-11-18-5-3-4-6-21(18)14-20)31(2)24-15-23(29-26(28)30-24)19-9-7-17(8-10-19)13-22(27)25(32)33/h3-12,14-16,22H,13,27H2,1-2H3,(H,32,33)(H2,28,29,30)/t16-,22+/m1/s1. The Balaban J connectivity index is 1.58. The summed E-state index contributed by atoms with van der Waals surface area (Å²) < 4.78 is 0. The molecule has 1 heterocycles. The minimum absolute atomic E-state index is 0.0663. The number of benzene rings is 3. The van der Waals surface area contributed by atoms with E-state index in [1.54, 1.807) is 0 Å². The molecule has 3 aromatic carbocycles. The first-order chi connectivity index (χ1) is 15.8. The van der Waals surface area contributed by atoms with Crippen LogP contribution in [-0.2, 0) is 11.2 Å². The Morgan fingerprint density at radius 1 is 1.00 bits per heavy atom. The van der Waals surface area contributed by atoms with Crippen molar-refractivity contribution in [3.63, 3.8) is 0 Å². The minimum Gasteiger partial charge on any atom is -0.480 e. The summed E-state index contributed by atoms with van der Waals surface area (Å²) in [5, 5.41) is 11.4. The van der Waals surface area contributed by atoms with Crippen LogP contribution in [0.4, 0.5) is 11.8 Å². The van der Waals surface area contributed by atoms with Crippen LogP contribution < -0.4 is 16.4 Å². The number of nitrogen functional groups attached to an aromatic ring is 1. The lowest BCUT2D eigenvalue weighted by Crippen LogP contribution is -2.32. The van der Waals surface area contributed by atoms with Gasteiger partial charge in [-0.2, -0.15) is 4.98 Å². The van der Waals surface area contributed by atoms with Gasteiger partial charge in [0.15, 0.2) is 0 Å². The van der Waals surface area contributed by atoms with Gasteiger partial charge in [0, 0.05) is 18.7 Å². The van der Waals surface area contributed by atoms with Crippen molar-refractivity contribution in [3.05, 3.63) is 83.9 Å². The molecule has 0 radical (unpaired) electrons. The fourth-order valence-electron chi connectivity index (χ4n) is 3.82. The number of aliphatic carboxylic acids is 1. The Bertz CT molecular complexity index is 1290. The Kier molecular flexibility index (Phi) is 6.24. The quantitative estimate of drug-likeness (QED) is 0.396. The van der Waals surface area contributed by atoms with E-state index >= 15 is 0 Å². The first kappa shape index (κ1) is 22.2. The topological polar surface area (TPSA) is 118 Å². The molecule has 0 saturated heterocycles. The van der Waals surface area contributed by atoms with Gasteiger partial charge in [-0.3, -0.25) is 4.79 Å². The lowest BCUT2D eigenvalue weighted by atomic mass is 10.0. The van der Waals surface area contributed by atoms with E-state index in [1.807, 2.05) is 49.5 Å². The van der Waals surface area contributed by atoms with Crippen LogP contribution >= 0.6 is 0 Å². The molecule has 0 bridgehead atoms. The number of carbonyl (C=O) groups is 1. The van der Waals surface area contributed by atoms with E-state index in [-0.39, 0.29) is 18.4 Å². The van der Waals surface area contributed by atoms with E-state index in [4.69, 9.17) is 16.6 Å². The van der Waals surface area contributed by atoms with Gasteiger partial charge in [0.25, 0.3) is 0 Å². The Hall–Kier alpha value is -3.97. The zero-order chi connectivity index (χ0) is 23.5. The summed E-state index contributed by atoms with van der Waals surface area (Å²) in [6.07, 6.45) is 0.263. The summed E-state index contributed by atoms with van der Waals surface area (Å²) in [6, 6.07) is 23.3. The van der Waals surface area contributed by atoms with Crippen LogP contribution in [0.15, 0.2) is 72.8 Å². The molecule has 0 spiro atoms. The largest absolute Gasteiger partial charge is 0.480 e. The minimum atomic E-state index is -1.02. The molecule has 0 saturated carbocycles. The van der Waals surface area contributed by atoms with Gasteiger partial charge < -0.3 is 21.5 Å². The third-order valence-electron chi connectivity index (χ3n) is 5.95. The average molecular weight is 442 g/mol. The van der Waals surface area contributed by atoms with E-state index in [1.165, 1.54) is 16.3 Å². The maximum absolute atomic E-state index is 11.0. The van der Waals surface area contributed by atoms with Gasteiger partial charge in [-0.05, 0) is 41.3 Å². The molecule has 2 atom stereocenters. The lowest BCUT2D eigenvalue weighted by molar-refractivity contribution is -0.138. The summed E-state index contributed by atoms with van der Waals surface area (Å²) in [5.41, 5.74) is 15.3. The van der Waals surface area contributed by atoms with Gasteiger partial charge in [0.05, 0.1) is 11.7 Å². The number of carboxylic acid groups (broad SMARTS) is 1. The summed E-state index contributed by atoms with van der Waals surface area (Å²) in [6.45, 7) is 2.13. The van der Waals surface area contributed by atoms with Crippen molar-refractivity contribution in [2.45, 2.75) is 25.4 Å². The summed E-state index contributed by atoms with van der Waals surface area (Å²) in [4.78, 5) is 21.9. The highest BCUT2D eigenvalue weighted by molar-refractivity contribution is 5.83. The normalized spacial score (nSPS) is 12.9. The highest BCUT2D eigenvalue weighted by Crippen LogP contribution is 2.29. The molecule has 0 aliphatic rings. The Morgan fingerprint density at radius 3 is 2.39 bits per heavy atom. The molecule has 4 aromatic rings. The number of rotatable bonds is 7. The Morgan fingerprint density at radius 2 is 1.70 bits per heavy atom. The molecule has 1 aromatic heterocycles. The molecule has 5 N–H and O–H groups in total. The third-order valence-corrected chi connectivity index (χ3v) is 5.95. The van der Waals surface area contributed by atoms with Crippen LogP contribution in [0, 0.1) is 0 Å². The molecule has 168 valence electrons. The highest BCUT2D eigenvalue weighted by Gasteiger charge is 2.17. The molecule has 33 heavy (non-hydrogen) atoms. The number of aromatic nitrogens is 2. The van der Waals surface area contributed by atoms with Crippen LogP contribution in [0.1, 0.15) is 24.1 Å². The maximum atomic E-state index is 11.0. The number of carboxylic acids is 1.